The molecule has 0 bridgehead atoms. The Morgan fingerprint density at radius 3 is 2.43 bits per heavy atom. The summed E-state index contributed by atoms with van der Waals surface area (Å²) in [7, 11) is 6.53. The van der Waals surface area contributed by atoms with E-state index in [4.69, 9.17) is 17.0 Å². The molecule has 10 heteroatoms. The monoisotopic (exact) mass is 423 g/mol. The fourth-order valence-electron chi connectivity index (χ4n) is 2.75. The number of ether oxygens (including phenoxy) is 1. The van der Waals surface area contributed by atoms with Crippen molar-refractivity contribution in [2.24, 2.45) is 7.05 Å². The van der Waals surface area contributed by atoms with E-state index in [0.717, 1.165) is 17.0 Å². The maximum atomic E-state index is 12.4. The van der Waals surface area contributed by atoms with E-state index < -0.39 is 5.97 Å². The average Bonchev–Trinajstić information content (AvgIpc) is 3.07. The van der Waals surface area contributed by atoms with E-state index in [1.165, 1.54) is 23.3 Å². The predicted octanol–water partition coefficient (Wildman–Crippen LogP) is 2.38. The molecule has 0 atom stereocenters. The van der Waals surface area contributed by atoms with Crippen molar-refractivity contribution < 1.29 is 14.3 Å². The lowest BCUT2D eigenvalue weighted by Crippen LogP contribution is -2.28. The van der Waals surface area contributed by atoms with Crippen LogP contribution in [0.3, 0.4) is 0 Å². The highest BCUT2D eigenvalue weighted by Gasteiger charge is 2.26. The highest BCUT2D eigenvalue weighted by molar-refractivity contribution is 7.80. The van der Waals surface area contributed by atoms with Gasteiger partial charge in [-0.2, -0.15) is 5.10 Å². The van der Waals surface area contributed by atoms with Crippen LogP contribution in [0, 0.1) is 20.8 Å². The predicted molar refractivity (Wildman–Crippen MR) is 114 cm³/mol. The molecule has 0 saturated heterocycles. The molecule has 2 aromatic heterocycles. The second-order valence-corrected chi connectivity index (χ2v) is 7.96. The molecule has 0 aliphatic rings. The summed E-state index contributed by atoms with van der Waals surface area (Å²) >= 11 is 6.57. The number of nitrogens with zero attached hydrogens (tertiary/aromatic N) is 3. The van der Waals surface area contributed by atoms with Gasteiger partial charge in [-0.1, -0.05) is 0 Å². The molecule has 0 radical (unpaired) electrons. The molecule has 2 N–H and O–H groups in total. The molecule has 0 spiro atoms. The van der Waals surface area contributed by atoms with Crippen LogP contribution in [-0.4, -0.2) is 52.9 Å². The van der Waals surface area contributed by atoms with E-state index in [-0.39, 0.29) is 5.91 Å². The maximum absolute atomic E-state index is 12.4. The summed E-state index contributed by atoms with van der Waals surface area (Å²) in [6.07, 6.45) is 0. The molecule has 0 aliphatic carbocycles. The Bertz CT molecular complexity index is 930. The third-order valence-electron chi connectivity index (χ3n) is 4.45. The molecule has 0 aromatic carbocycles. The summed E-state index contributed by atoms with van der Waals surface area (Å²) in [5.41, 5.74) is 3.92. The van der Waals surface area contributed by atoms with E-state index >= 15 is 0 Å². The number of methoxy groups -OCH3 is 1. The number of hydrogen-bond donors (Lipinski definition) is 2. The van der Waals surface area contributed by atoms with Crippen molar-refractivity contribution in [3.05, 3.63) is 33.0 Å². The first kappa shape index (κ1) is 21.8. The van der Waals surface area contributed by atoms with Crippen molar-refractivity contribution in [1.29, 1.82) is 0 Å². The summed E-state index contributed by atoms with van der Waals surface area (Å²) in [6, 6.07) is 0. The molecule has 0 aliphatic heterocycles. The summed E-state index contributed by atoms with van der Waals surface area (Å²) in [5.74, 6) is -0.697. The number of aromatic nitrogens is 2. The SMILES string of the molecule is COC(=O)c1c(NC(=S)NCc2c(C)nn(C)c2C)sc(C(=O)N(C)C)c1C. The van der Waals surface area contributed by atoms with Gasteiger partial charge in [-0.25, -0.2) is 4.79 Å². The minimum Gasteiger partial charge on any atom is -0.465 e. The van der Waals surface area contributed by atoms with Gasteiger partial charge in [-0.15, -0.1) is 11.3 Å². The molecule has 28 heavy (non-hydrogen) atoms. The number of rotatable bonds is 5. The first-order valence-electron chi connectivity index (χ1n) is 8.55. The number of nitrogens with one attached hydrogen (secondary N) is 2. The molecular formula is C18H25N5O3S2. The van der Waals surface area contributed by atoms with Crippen molar-refractivity contribution in [3.63, 3.8) is 0 Å². The number of carbonyl (C=O) groups is 2. The van der Waals surface area contributed by atoms with E-state index in [1.54, 1.807) is 21.0 Å². The summed E-state index contributed by atoms with van der Waals surface area (Å²) < 4.78 is 6.70. The van der Waals surface area contributed by atoms with Gasteiger partial charge in [0.05, 0.1) is 23.2 Å². The zero-order valence-corrected chi connectivity index (χ0v) is 18.7. The Morgan fingerprint density at radius 2 is 1.93 bits per heavy atom. The molecule has 8 nitrogen and oxygen atoms in total. The number of hydrogen-bond acceptors (Lipinski definition) is 6. The van der Waals surface area contributed by atoms with E-state index in [2.05, 4.69) is 15.7 Å². The first-order chi connectivity index (χ1) is 13.1. The van der Waals surface area contributed by atoms with Gasteiger partial charge < -0.3 is 20.3 Å². The van der Waals surface area contributed by atoms with Gasteiger partial charge in [-0.05, 0) is 38.6 Å². The lowest BCUT2D eigenvalue weighted by molar-refractivity contribution is 0.0601. The zero-order valence-electron chi connectivity index (χ0n) is 17.1. The quantitative estimate of drug-likeness (QED) is 0.564. The Kier molecular flexibility index (Phi) is 6.78. The molecule has 0 saturated carbocycles. The van der Waals surface area contributed by atoms with Crippen LogP contribution in [0.1, 0.15) is 42.5 Å². The molecule has 2 aromatic rings. The molecule has 152 valence electrons. The van der Waals surface area contributed by atoms with Crippen LogP contribution in [0.2, 0.25) is 0 Å². The summed E-state index contributed by atoms with van der Waals surface area (Å²) in [4.78, 5) is 26.6. The Labute approximate surface area is 173 Å². The minimum absolute atomic E-state index is 0.179. The van der Waals surface area contributed by atoms with Gasteiger partial charge >= 0.3 is 5.97 Å². The van der Waals surface area contributed by atoms with Crippen LogP contribution in [0.25, 0.3) is 0 Å². The Hall–Kier alpha value is -2.46. The molecule has 2 rings (SSSR count). The zero-order chi connectivity index (χ0) is 21.2. The molecule has 1 amide bonds. The topological polar surface area (TPSA) is 88.5 Å². The number of esters is 1. The smallest absolute Gasteiger partial charge is 0.341 e. The third-order valence-corrected chi connectivity index (χ3v) is 5.89. The maximum Gasteiger partial charge on any atom is 0.341 e. The largest absolute Gasteiger partial charge is 0.465 e. The number of anilines is 1. The number of thiophene rings is 1. The van der Waals surface area contributed by atoms with Crippen molar-refractivity contribution in [2.45, 2.75) is 27.3 Å². The van der Waals surface area contributed by atoms with Gasteiger partial charge in [0, 0.05) is 38.9 Å². The molecular weight excluding hydrogens is 398 g/mol. The molecule has 0 fully saturated rings. The fourth-order valence-corrected chi connectivity index (χ4v) is 4.21. The molecule has 0 unspecified atom stereocenters. The van der Waals surface area contributed by atoms with E-state index in [1.807, 2.05) is 25.6 Å². The van der Waals surface area contributed by atoms with Crippen LogP contribution in [0.5, 0.6) is 0 Å². The van der Waals surface area contributed by atoms with Gasteiger partial charge in [0.15, 0.2) is 5.11 Å². The Balaban J connectivity index is 2.24. The van der Waals surface area contributed by atoms with Gasteiger partial charge in [0.25, 0.3) is 5.91 Å². The standard InChI is InChI=1S/C18H25N5O3S2/c1-9-13(17(25)26-7)15(28-14(9)16(24)22(4)5)20-18(27)19-8-12-10(2)21-23(6)11(12)3/h8H2,1-7H3,(H2,19,20,27). The second kappa shape index (κ2) is 8.70. The van der Waals surface area contributed by atoms with Crippen LogP contribution in [-0.2, 0) is 18.3 Å². The van der Waals surface area contributed by atoms with Crippen molar-refractivity contribution in [1.82, 2.24) is 20.0 Å². The number of thiocarbonyl (C=S) groups is 1. The van der Waals surface area contributed by atoms with E-state index in [0.29, 0.717) is 32.7 Å². The van der Waals surface area contributed by atoms with Crippen LogP contribution < -0.4 is 10.6 Å². The lowest BCUT2D eigenvalue weighted by atomic mass is 10.1. The first-order valence-corrected chi connectivity index (χ1v) is 9.78. The lowest BCUT2D eigenvalue weighted by Gasteiger charge is -2.11. The van der Waals surface area contributed by atoms with Crippen LogP contribution >= 0.6 is 23.6 Å². The number of carbonyl (C=O) groups excluding carboxylic acids is 2. The molecule has 2 heterocycles. The van der Waals surface area contributed by atoms with Crippen LogP contribution in [0.15, 0.2) is 0 Å². The normalized spacial score (nSPS) is 10.5. The number of amides is 1. The highest BCUT2D eigenvalue weighted by atomic mass is 32.1. The van der Waals surface area contributed by atoms with Gasteiger partial charge in [0.1, 0.15) is 5.00 Å². The fraction of sp³-hybridized carbons (Fsp3) is 0.444. The van der Waals surface area contributed by atoms with Crippen molar-refractivity contribution in [2.75, 3.05) is 26.5 Å². The summed E-state index contributed by atoms with van der Waals surface area (Å²) in [6.45, 7) is 6.16. The third kappa shape index (κ3) is 4.33. The Morgan fingerprint density at radius 1 is 1.29 bits per heavy atom. The van der Waals surface area contributed by atoms with E-state index in [9.17, 15) is 9.59 Å². The minimum atomic E-state index is -0.518. The van der Waals surface area contributed by atoms with Crippen molar-refractivity contribution >= 4 is 45.5 Å². The van der Waals surface area contributed by atoms with Gasteiger partial charge in [-0.3, -0.25) is 9.48 Å². The second-order valence-electron chi connectivity index (χ2n) is 6.53. The highest BCUT2D eigenvalue weighted by Crippen LogP contribution is 2.34. The number of aryl methyl sites for hydroxylation is 2. The summed E-state index contributed by atoms with van der Waals surface area (Å²) in [5, 5.41) is 11.4. The van der Waals surface area contributed by atoms with Crippen molar-refractivity contribution in [3.8, 4) is 0 Å². The van der Waals surface area contributed by atoms with Crippen LogP contribution in [0.4, 0.5) is 5.00 Å². The average molecular weight is 424 g/mol. The van der Waals surface area contributed by atoms with Gasteiger partial charge in [0.2, 0.25) is 0 Å².